The minimum Gasteiger partial charge on any atom is -0.268 e. The Morgan fingerprint density at radius 2 is 1.85 bits per heavy atom. The molecule has 0 aliphatic rings. The first-order valence-electron chi connectivity index (χ1n) is 7.86. The highest BCUT2D eigenvalue weighted by Crippen LogP contribution is 2.14. The monoisotopic (exact) mass is 374 g/mol. The van der Waals surface area contributed by atoms with Gasteiger partial charge in [0, 0.05) is 12.6 Å². The Morgan fingerprint density at radius 1 is 1.12 bits per heavy atom. The Kier molecular flexibility index (Phi) is 4.96. The largest absolute Gasteiger partial charge is 0.268 e. The van der Waals surface area contributed by atoms with Gasteiger partial charge in [0.15, 0.2) is 5.82 Å². The molecule has 26 heavy (non-hydrogen) atoms. The molecule has 9 nitrogen and oxygen atoms in total. The van der Waals surface area contributed by atoms with Crippen molar-refractivity contribution in [3.8, 4) is 5.82 Å². The number of aryl methyl sites for hydroxylation is 2. The summed E-state index contributed by atoms with van der Waals surface area (Å²) in [5, 5.41) is 8.11. The number of nitrogens with one attached hydrogen (secondary N) is 1. The average Bonchev–Trinajstić information content (AvgIpc) is 3.10. The van der Waals surface area contributed by atoms with Gasteiger partial charge in [-0.2, -0.15) is 5.10 Å². The highest BCUT2D eigenvalue weighted by molar-refractivity contribution is 7.89. The molecule has 0 saturated heterocycles. The lowest BCUT2D eigenvalue weighted by Crippen LogP contribution is -2.32. The molecule has 1 aromatic carbocycles. The van der Waals surface area contributed by atoms with E-state index in [1.165, 1.54) is 34.2 Å². The highest BCUT2D eigenvalue weighted by Gasteiger charge is 2.14. The molecule has 0 radical (unpaired) electrons. The van der Waals surface area contributed by atoms with Gasteiger partial charge in [-0.3, -0.25) is 4.79 Å². The van der Waals surface area contributed by atoms with E-state index in [-0.39, 0.29) is 23.5 Å². The SMILES string of the molecule is Cc1cc(C)cc(S(=O)(=O)NCCn2nc(-n3cncn3)ccc2=O)c1. The van der Waals surface area contributed by atoms with Crippen molar-refractivity contribution in [2.45, 2.75) is 25.3 Å². The normalized spacial score (nSPS) is 11.6. The highest BCUT2D eigenvalue weighted by atomic mass is 32.2. The van der Waals surface area contributed by atoms with E-state index >= 15 is 0 Å². The molecule has 0 saturated carbocycles. The van der Waals surface area contributed by atoms with Crippen molar-refractivity contribution in [3.63, 3.8) is 0 Å². The van der Waals surface area contributed by atoms with Crippen molar-refractivity contribution < 1.29 is 8.42 Å². The van der Waals surface area contributed by atoms with Crippen LogP contribution in [0.5, 0.6) is 0 Å². The van der Waals surface area contributed by atoms with E-state index in [1.807, 2.05) is 19.9 Å². The van der Waals surface area contributed by atoms with Crippen molar-refractivity contribution in [1.29, 1.82) is 0 Å². The zero-order valence-electron chi connectivity index (χ0n) is 14.3. The summed E-state index contributed by atoms with van der Waals surface area (Å²) in [5.41, 5.74) is 1.40. The van der Waals surface area contributed by atoms with Crippen LogP contribution in [0.25, 0.3) is 5.82 Å². The van der Waals surface area contributed by atoms with Gasteiger partial charge in [0.1, 0.15) is 12.7 Å². The van der Waals surface area contributed by atoms with E-state index in [9.17, 15) is 13.2 Å². The van der Waals surface area contributed by atoms with E-state index in [1.54, 1.807) is 12.1 Å². The maximum Gasteiger partial charge on any atom is 0.266 e. The van der Waals surface area contributed by atoms with Crippen LogP contribution in [0.4, 0.5) is 0 Å². The first-order chi connectivity index (χ1) is 12.3. The second-order valence-electron chi connectivity index (χ2n) is 5.81. The van der Waals surface area contributed by atoms with Crippen LogP contribution in [0.1, 0.15) is 11.1 Å². The lowest BCUT2D eigenvalue weighted by Gasteiger charge is -2.10. The van der Waals surface area contributed by atoms with Crippen LogP contribution < -0.4 is 10.3 Å². The predicted molar refractivity (Wildman–Crippen MR) is 94.5 cm³/mol. The Hall–Kier alpha value is -2.85. The van der Waals surface area contributed by atoms with Crippen molar-refractivity contribution >= 4 is 10.0 Å². The third-order valence-corrected chi connectivity index (χ3v) is 5.07. The second kappa shape index (κ2) is 7.18. The molecule has 3 aromatic rings. The summed E-state index contributed by atoms with van der Waals surface area (Å²) in [6.07, 6.45) is 2.81. The number of aromatic nitrogens is 5. The fourth-order valence-corrected chi connectivity index (χ4v) is 3.71. The van der Waals surface area contributed by atoms with Gasteiger partial charge in [0.05, 0.1) is 11.4 Å². The van der Waals surface area contributed by atoms with Crippen LogP contribution in [0.3, 0.4) is 0 Å². The summed E-state index contributed by atoms with van der Waals surface area (Å²) in [4.78, 5) is 16.0. The molecular weight excluding hydrogens is 356 g/mol. The quantitative estimate of drug-likeness (QED) is 0.669. The molecule has 10 heteroatoms. The molecule has 136 valence electrons. The molecule has 2 heterocycles. The molecule has 0 aliphatic carbocycles. The number of nitrogens with zero attached hydrogens (tertiary/aromatic N) is 5. The zero-order chi connectivity index (χ0) is 18.7. The minimum absolute atomic E-state index is 0.0308. The lowest BCUT2D eigenvalue weighted by molar-refractivity contribution is 0.542. The van der Waals surface area contributed by atoms with Gasteiger partial charge in [0.2, 0.25) is 10.0 Å². The standard InChI is InChI=1S/C16H18N6O3S/c1-12-7-13(2)9-14(8-12)26(24,25)19-5-6-21-16(23)4-3-15(20-21)22-11-17-10-18-22/h3-4,7-11,19H,5-6H2,1-2H3. The molecule has 0 amide bonds. The summed E-state index contributed by atoms with van der Waals surface area (Å²) < 4.78 is 29.9. The maximum atomic E-state index is 12.4. The second-order valence-corrected chi connectivity index (χ2v) is 7.58. The van der Waals surface area contributed by atoms with Gasteiger partial charge in [-0.15, -0.1) is 5.10 Å². The number of hydrogen-bond donors (Lipinski definition) is 1. The molecule has 0 spiro atoms. The molecule has 0 fully saturated rings. The Morgan fingerprint density at radius 3 is 2.50 bits per heavy atom. The van der Waals surface area contributed by atoms with E-state index in [2.05, 4.69) is 19.9 Å². The third kappa shape index (κ3) is 4.03. The van der Waals surface area contributed by atoms with Crippen LogP contribution in [-0.4, -0.2) is 39.5 Å². The average molecular weight is 374 g/mol. The van der Waals surface area contributed by atoms with Crippen LogP contribution in [0.15, 0.2) is 52.7 Å². The van der Waals surface area contributed by atoms with Crippen LogP contribution >= 0.6 is 0 Å². The molecule has 2 aromatic heterocycles. The van der Waals surface area contributed by atoms with Gasteiger partial charge in [0.25, 0.3) is 5.56 Å². The van der Waals surface area contributed by atoms with Gasteiger partial charge >= 0.3 is 0 Å². The molecule has 0 bridgehead atoms. The van der Waals surface area contributed by atoms with Crippen molar-refractivity contribution in [1.82, 2.24) is 29.3 Å². The van der Waals surface area contributed by atoms with Gasteiger partial charge < -0.3 is 0 Å². The first-order valence-corrected chi connectivity index (χ1v) is 9.35. The van der Waals surface area contributed by atoms with Gasteiger partial charge in [-0.25, -0.2) is 27.5 Å². The lowest BCUT2D eigenvalue weighted by atomic mass is 10.2. The Bertz CT molecular complexity index is 1050. The fourth-order valence-electron chi connectivity index (χ4n) is 2.50. The number of benzene rings is 1. The molecule has 3 rings (SSSR count). The molecule has 1 N–H and O–H groups in total. The predicted octanol–water partition coefficient (Wildman–Crippen LogP) is 0.419. The van der Waals surface area contributed by atoms with Crippen LogP contribution in [0, 0.1) is 13.8 Å². The van der Waals surface area contributed by atoms with E-state index in [0.717, 1.165) is 11.1 Å². The molecule has 0 aliphatic heterocycles. The fraction of sp³-hybridized carbons (Fsp3) is 0.250. The van der Waals surface area contributed by atoms with Gasteiger partial charge in [-0.1, -0.05) is 6.07 Å². The van der Waals surface area contributed by atoms with Crippen molar-refractivity contribution in [3.05, 3.63) is 64.5 Å². The van der Waals surface area contributed by atoms with Crippen molar-refractivity contribution in [2.24, 2.45) is 0 Å². The van der Waals surface area contributed by atoms with Crippen LogP contribution in [0.2, 0.25) is 0 Å². The number of hydrogen-bond acceptors (Lipinski definition) is 6. The Labute approximate surface area is 150 Å². The number of rotatable bonds is 6. The summed E-state index contributed by atoms with van der Waals surface area (Å²) in [6, 6.07) is 7.98. The van der Waals surface area contributed by atoms with E-state index < -0.39 is 10.0 Å². The van der Waals surface area contributed by atoms with Gasteiger partial charge in [-0.05, 0) is 43.2 Å². The maximum absolute atomic E-state index is 12.4. The van der Waals surface area contributed by atoms with Crippen molar-refractivity contribution in [2.75, 3.05) is 6.54 Å². The first kappa shape index (κ1) is 18.0. The third-order valence-electron chi connectivity index (χ3n) is 3.63. The number of sulfonamides is 1. The minimum atomic E-state index is -3.66. The summed E-state index contributed by atoms with van der Waals surface area (Å²) in [5.74, 6) is 0.416. The topological polar surface area (TPSA) is 112 Å². The Balaban J connectivity index is 1.73. The van der Waals surface area contributed by atoms with Crippen LogP contribution in [-0.2, 0) is 16.6 Å². The smallest absolute Gasteiger partial charge is 0.266 e. The zero-order valence-corrected chi connectivity index (χ0v) is 15.1. The van der Waals surface area contributed by atoms with E-state index in [4.69, 9.17) is 0 Å². The summed E-state index contributed by atoms with van der Waals surface area (Å²) >= 11 is 0. The molecule has 0 unspecified atom stereocenters. The molecular formula is C16H18N6O3S. The molecule has 0 atom stereocenters. The van der Waals surface area contributed by atoms with E-state index in [0.29, 0.717) is 5.82 Å². The summed E-state index contributed by atoms with van der Waals surface area (Å²) in [6.45, 7) is 3.80. The summed E-state index contributed by atoms with van der Waals surface area (Å²) in [7, 11) is -3.66.